The summed E-state index contributed by atoms with van der Waals surface area (Å²) in [5.41, 5.74) is 5.98. The lowest BCUT2D eigenvalue weighted by Gasteiger charge is -2.32. The lowest BCUT2D eigenvalue weighted by atomic mass is 9.81. The second-order valence-corrected chi connectivity index (χ2v) is 8.97. The molecule has 1 saturated carbocycles. The molecule has 3 aliphatic rings. The van der Waals surface area contributed by atoms with E-state index >= 15 is 0 Å². The fourth-order valence-electron chi connectivity index (χ4n) is 4.22. The number of thioether (sulfide) groups is 1. The van der Waals surface area contributed by atoms with Crippen molar-refractivity contribution in [1.29, 1.82) is 0 Å². The lowest BCUT2D eigenvalue weighted by Crippen LogP contribution is -2.40. The van der Waals surface area contributed by atoms with Gasteiger partial charge in [0.05, 0.1) is 16.5 Å². The van der Waals surface area contributed by atoms with Gasteiger partial charge in [0, 0.05) is 25.7 Å². The summed E-state index contributed by atoms with van der Waals surface area (Å²) < 4.78 is 38.4. The molecule has 0 aromatic rings. The monoisotopic (exact) mass is 379 g/mol. The topological polar surface area (TPSA) is 58.4 Å². The Morgan fingerprint density at radius 1 is 1.08 bits per heavy atom. The van der Waals surface area contributed by atoms with Crippen LogP contribution in [0.5, 0.6) is 0 Å². The van der Waals surface area contributed by atoms with E-state index < -0.39 is 12.1 Å². The molecule has 3 N–H and O–H groups in total. The van der Waals surface area contributed by atoms with E-state index in [2.05, 4.69) is 5.32 Å². The van der Waals surface area contributed by atoms with Crippen LogP contribution in [0.25, 0.3) is 0 Å². The van der Waals surface area contributed by atoms with Crippen LogP contribution in [-0.4, -0.2) is 53.3 Å². The zero-order valence-electron chi connectivity index (χ0n) is 14.4. The van der Waals surface area contributed by atoms with Crippen LogP contribution in [0.2, 0.25) is 0 Å². The van der Waals surface area contributed by atoms with Crippen molar-refractivity contribution in [3.05, 3.63) is 0 Å². The standard InChI is InChI=1S/C17H28F3N3OS/c18-17(19,20)12-5-3-11(4-6-12)15-22-10-14(25-15)16(24)23-8-1-2-13(21)7-9-23/h11-15,22H,1-10,21H2. The van der Waals surface area contributed by atoms with Crippen LogP contribution in [0.1, 0.15) is 44.9 Å². The highest BCUT2D eigenvalue weighted by Crippen LogP contribution is 2.43. The average molecular weight is 379 g/mol. The van der Waals surface area contributed by atoms with E-state index in [9.17, 15) is 18.0 Å². The van der Waals surface area contributed by atoms with E-state index in [1.165, 1.54) is 0 Å². The zero-order chi connectivity index (χ0) is 18.0. The summed E-state index contributed by atoms with van der Waals surface area (Å²) in [6.07, 6.45) is 0.315. The maximum absolute atomic E-state index is 12.8. The Morgan fingerprint density at radius 3 is 2.48 bits per heavy atom. The summed E-state index contributed by atoms with van der Waals surface area (Å²) in [5, 5.41) is 3.38. The molecule has 0 radical (unpaired) electrons. The molecule has 3 rings (SSSR count). The third-order valence-electron chi connectivity index (χ3n) is 5.84. The number of nitrogens with one attached hydrogen (secondary N) is 1. The minimum Gasteiger partial charge on any atom is -0.342 e. The number of alkyl halides is 3. The van der Waals surface area contributed by atoms with Crippen LogP contribution in [0, 0.1) is 11.8 Å². The zero-order valence-corrected chi connectivity index (χ0v) is 15.2. The van der Waals surface area contributed by atoms with E-state index in [0.717, 1.165) is 32.4 Å². The number of nitrogens with two attached hydrogens (primary N) is 1. The Labute approximate surface area is 151 Å². The number of carbonyl (C=O) groups excluding carboxylic acids is 1. The molecule has 1 aliphatic carbocycles. The number of amides is 1. The summed E-state index contributed by atoms with van der Waals surface area (Å²) in [5.74, 6) is -0.745. The third kappa shape index (κ3) is 4.83. The molecule has 144 valence electrons. The second kappa shape index (κ2) is 8.05. The minimum absolute atomic E-state index is 0.109. The average Bonchev–Trinajstić information content (AvgIpc) is 2.97. The predicted octanol–water partition coefficient (Wildman–Crippen LogP) is 2.73. The van der Waals surface area contributed by atoms with Crippen LogP contribution in [0.4, 0.5) is 13.2 Å². The van der Waals surface area contributed by atoms with Crippen molar-refractivity contribution in [2.75, 3.05) is 19.6 Å². The second-order valence-electron chi connectivity index (χ2n) is 7.62. The predicted molar refractivity (Wildman–Crippen MR) is 93.1 cm³/mol. The third-order valence-corrected chi connectivity index (χ3v) is 7.38. The molecule has 0 spiro atoms. The molecule has 3 unspecified atom stereocenters. The number of hydrogen-bond donors (Lipinski definition) is 2. The van der Waals surface area contributed by atoms with E-state index in [0.29, 0.717) is 19.4 Å². The minimum atomic E-state index is -4.06. The number of halogens is 3. The summed E-state index contributed by atoms with van der Waals surface area (Å²) in [4.78, 5) is 14.7. The van der Waals surface area contributed by atoms with E-state index in [1.807, 2.05) is 4.90 Å². The highest BCUT2D eigenvalue weighted by atomic mass is 32.2. The van der Waals surface area contributed by atoms with Crippen LogP contribution < -0.4 is 11.1 Å². The molecule has 2 heterocycles. The van der Waals surface area contributed by atoms with Crippen molar-refractivity contribution in [1.82, 2.24) is 10.2 Å². The number of hydrogen-bond acceptors (Lipinski definition) is 4. The van der Waals surface area contributed by atoms with Gasteiger partial charge in [-0.25, -0.2) is 0 Å². The highest BCUT2D eigenvalue weighted by molar-refractivity contribution is 8.01. The Balaban J connectivity index is 1.48. The molecule has 0 bridgehead atoms. The number of nitrogens with zero attached hydrogens (tertiary/aromatic N) is 1. The quantitative estimate of drug-likeness (QED) is 0.775. The molecule has 4 nitrogen and oxygen atoms in total. The Hall–Kier alpha value is -0.470. The summed E-state index contributed by atoms with van der Waals surface area (Å²) in [6.45, 7) is 2.11. The Morgan fingerprint density at radius 2 is 1.80 bits per heavy atom. The molecular weight excluding hydrogens is 351 g/mol. The summed E-state index contributed by atoms with van der Waals surface area (Å²) in [7, 11) is 0. The van der Waals surface area contributed by atoms with Crippen LogP contribution in [-0.2, 0) is 4.79 Å². The van der Waals surface area contributed by atoms with Crippen molar-refractivity contribution in [2.24, 2.45) is 17.6 Å². The van der Waals surface area contributed by atoms with Crippen molar-refractivity contribution < 1.29 is 18.0 Å². The molecule has 1 amide bonds. The fourth-order valence-corrected chi connectivity index (χ4v) is 5.71. The van der Waals surface area contributed by atoms with Gasteiger partial charge in [0.2, 0.25) is 5.91 Å². The van der Waals surface area contributed by atoms with Crippen molar-refractivity contribution in [3.63, 3.8) is 0 Å². The van der Waals surface area contributed by atoms with Gasteiger partial charge >= 0.3 is 6.18 Å². The van der Waals surface area contributed by atoms with Crippen LogP contribution in [0.3, 0.4) is 0 Å². The van der Waals surface area contributed by atoms with E-state index in [-0.39, 0.29) is 41.3 Å². The van der Waals surface area contributed by atoms with Crippen LogP contribution >= 0.6 is 11.8 Å². The molecule has 0 aromatic carbocycles. The van der Waals surface area contributed by atoms with Gasteiger partial charge in [-0.1, -0.05) is 0 Å². The summed E-state index contributed by atoms with van der Waals surface area (Å²) >= 11 is 1.62. The Kier molecular flexibility index (Phi) is 6.21. The first-order valence-corrected chi connectivity index (χ1v) is 10.3. The molecule has 3 fully saturated rings. The number of rotatable bonds is 2. The molecule has 25 heavy (non-hydrogen) atoms. The molecule has 0 aromatic heterocycles. The van der Waals surface area contributed by atoms with Crippen molar-refractivity contribution >= 4 is 17.7 Å². The first-order valence-electron chi connectivity index (χ1n) is 9.34. The van der Waals surface area contributed by atoms with Gasteiger partial charge in [-0.2, -0.15) is 13.2 Å². The van der Waals surface area contributed by atoms with Crippen molar-refractivity contribution in [2.45, 2.75) is 67.8 Å². The van der Waals surface area contributed by atoms with Gasteiger partial charge in [0.1, 0.15) is 0 Å². The summed E-state index contributed by atoms with van der Waals surface area (Å²) in [6, 6.07) is 0.184. The molecular formula is C17H28F3N3OS. The highest BCUT2D eigenvalue weighted by Gasteiger charge is 2.44. The molecule has 2 saturated heterocycles. The van der Waals surface area contributed by atoms with Gasteiger partial charge < -0.3 is 16.0 Å². The number of carbonyl (C=O) groups is 1. The van der Waals surface area contributed by atoms with Gasteiger partial charge in [0.25, 0.3) is 0 Å². The van der Waals surface area contributed by atoms with E-state index in [4.69, 9.17) is 5.73 Å². The first kappa shape index (κ1) is 19.3. The molecule has 2 aliphatic heterocycles. The molecule has 8 heteroatoms. The maximum atomic E-state index is 12.8. The van der Waals surface area contributed by atoms with Gasteiger partial charge in [-0.15, -0.1) is 11.8 Å². The van der Waals surface area contributed by atoms with Gasteiger partial charge in [0.15, 0.2) is 0 Å². The van der Waals surface area contributed by atoms with Crippen LogP contribution in [0.15, 0.2) is 0 Å². The van der Waals surface area contributed by atoms with Gasteiger partial charge in [-0.3, -0.25) is 4.79 Å². The Bertz CT molecular complexity index is 469. The van der Waals surface area contributed by atoms with Crippen molar-refractivity contribution in [3.8, 4) is 0 Å². The normalized spacial score (nSPS) is 37.8. The van der Waals surface area contributed by atoms with E-state index in [1.54, 1.807) is 11.8 Å². The molecule has 3 atom stereocenters. The first-order chi connectivity index (χ1) is 11.8. The smallest absolute Gasteiger partial charge is 0.342 e. The largest absolute Gasteiger partial charge is 0.391 e. The maximum Gasteiger partial charge on any atom is 0.391 e. The number of likely N-dealkylation sites (tertiary alicyclic amines) is 1. The lowest BCUT2D eigenvalue weighted by molar-refractivity contribution is -0.184. The fraction of sp³-hybridized carbons (Fsp3) is 0.941. The SMILES string of the molecule is NC1CCCN(C(=O)C2CNC(C3CCC(C(F)(F)F)CC3)S2)CC1. The van der Waals surface area contributed by atoms with Gasteiger partial charge in [-0.05, 0) is 50.9 Å².